The zero-order valence-electron chi connectivity index (χ0n) is 9.76. The average Bonchev–Trinajstić information content (AvgIpc) is 2.57. The molecule has 1 aromatic rings. The zero-order valence-corrected chi connectivity index (χ0v) is 12.2. The number of amides is 1. The molecule has 0 aliphatic carbocycles. The van der Waals surface area contributed by atoms with E-state index in [1.54, 1.807) is 19.2 Å². The van der Waals surface area contributed by atoms with Crippen molar-refractivity contribution in [2.24, 2.45) is 0 Å². The minimum atomic E-state index is -3.57. The lowest BCUT2D eigenvalue weighted by atomic mass is 10.3. The molecule has 1 fully saturated rings. The topological polar surface area (TPSA) is 66.5 Å². The van der Waals surface area contributed by atoms with Gasteiger partial charge >= 0.3 is 0 Å². The van der Waals surface area contributed by atoms with Crippen LogP contribution in [0.4, 0.5) is 0 Å². The van der Waals surface area contributed by atoms with Crippen molar-refractivity contribution in [3.63, 3.8) is 0 Å². The number of likely N-dealkylation sites (tertiary alicyclic amines) is 1. The molecule has 0 bridgehead atoms. The van der Waals surface area contributed by atoms with Gasteiger partial charge in [0.15, 0.2) is 0 Å². The van der Waals surface area contributed by atoms with Crippen molar-refractivity contribution in [2.45, 2.75) is 17.4 Å². The van der Waals surface area contributed by atoms with Crippen LogP contribution >= 0.6 is 15.9 Å². The van der Waals surface area contributed by atoms with E-state index in [-0.39, 0.29) is 23.3 Å². The number of halogens is 1. The standard InChI is InChI=1S/C11H13BrN2O3S/c1-14-7-9(6-11(14)15)13-18(16,17)10-4-2-3-8(12)5-10/h2-5,9,13H,6-7H2,1H3/t9-/m0/s1. The highest BCUT2D eigenvalue weighted by Crippen LogP contribution is 2.18. The van der Waals surface area contributed by atoms with Crippen molar-refractivity contribution >= 4 is 31.9 Å². The summed E-state index contributed by atoms with van der Waals surface area (Å²) < 4.78 is 27.4. The first-order valence-electron chi connectivity index (χ1n) is 5.40. The lowest BCUT2D eigenvalue weighted by Gasteiger charge is -2.13. The molecule has 0 unspecified atom stereocenters. The SMILES string of the molecule is CN1C[C@@H](NS(=O)(=O)c2cccc(Br)c2)CC1=O. The van der Waals surface area contributed by atoms with E-state index in [4.69, 9.17) is 0 Å². The summed E-state index contributed by atoms with van der Waals surface area (Å²) >= 11 is 3.23. The largest absolute Gasteiger partial charge is 0.344 e. The zero-order chi connectivity index (χ0) is 13.3. The fourth-order valence-corrected chi connectivity index (χ4v) is 3.69. The summed E-state index contributed by atoms with van der Waals surface area (Å²) in [5, 5.41) is 0. The second kappa shape index (κ2) is 4.99. The summed E-state index contributed by atoms with van der Waals surface area (Å²) in [6.45, 7) is 0.409. The molecular weight excluding hydrogens is 320 g/mol. The molecule has 1 heterocycles. The maximum Gasteiger partial charge on any atom is 0.240 e. The van der Waals surface area contributed by atoms with Gasteiger partial charge in [-0.3, -0.25) is 4.79 Å². The molecular formula is C11H13BrN2O3S. The molecule has 0 aromatic heterocycles. The van der Waals surface area contributed by atoms with Crippen molar-refractivity contribution < 1.29 is 13.2 Å². The number of hydrogen-bond donors (Lipinski definition) is 1. The number of carbonyl (C=O) groups is 1. The van der Waals surface area contributed by atoms with Gasteiger partial charge in [0.2, 0.25) is 15.9 Å². The highest BCUT2D eigenvalue weighted by atomic mass is 79.9. The van der Waals surface area contributed by atoms with Crippen LogP contribution in [0, 0.1) is 0 Å². The number of sulfonamides is 1. The van der Waals surface area contributed by atoms with Gasteiger partial charge in [0, 0.05) is 30.5 Å². The van der Waals surface area contributed by atoms with Gasteiger partial charge in [-0.15, -0.1) is 0 Å². The molecule has 2 rings (SSSR count). The second-order valence-corrected chi connectivity index (χ2v) is 6.88. The van der Waals surface area contributed by atoms with Crippen LogP contribution in [0.25, 0.3) is 0 Å². The van der Waals surface area contributed by atoms with Gasteiger partial charge in [0.05, 0.1) is 4.90 Å². The van der Waals surface area contributed by atoms with Crippen LogP contribution in [0.1, 0.15) is 6.42 Å². The van der Waals surface area contributed by atoms with Crippen molar-refractivity contribution in [3.05, 3.63) is 28.7 Å². The number of nitrogens with zero attached hydrogens (tertiary/aromatic N) is 1. The van der Waals surface area contributed by atoms with E-state index < -0.39 is 10.0 Å². The monoisotopic (exact) mass is 332 g/mol. The molecule has 1 N–H and O–H groups in total. The Morgan fingerprint density at radius 3 is 2.72 bits per heavy atom. The van der Waals surface area contributed by atoms with E-state index in [0.717, 1.165) is 0 Å². The van der Waals surface area contributed by atoms with E-state index in [1.165, 1.54) is 17.0 Å². The summed E-state index contributed by atoms with van der Waals surface area (Å²) in [7, 11) is -1.91. The van der Waals surface area contributed by atoms with Crippen LogP contribution in [0.15, 0.2) is 33.6 Å². The lowest BCUT2D eigenvalue weighted by Crippen LogP contribution is -2.36. The van der Waals surface area contributed by atoms with Gasteiger partial charge < -0.3 is 4.90 Å². The molecule has 1 aliphatic rings. The second-order valence-electron chi connectivity index (χ2n) is 4.25. The minimum absolute atomic E-state index is 0.0445. The molecule has 1 atom stereocenters. The smallest absolute Gasteiger partial charge is 0.240 e. The maximum atomic E-state index is 12.1. The van der Waals surface area contributed by atoms with Crippen LogP contribution in [-0.4, -0.2) is 38.9 Å². The molecule has 1 aliphatic heterocycles. The first-order valence-corrected chi connectivity index (χ1v) is 7.68. The van der Waals surface area contributed by atoms with Gasteiger partial charge in [0.1, 0.15) is 0 Å². The molecule has 0 spiro atoms. The van der Waals surface area contributed by atoms with Crippen LogP contribution in [0.2, 0.25) is 0 Å². The van der Waals surface area contributed by atoms with E-state index in [1.807, 2.05) is 0 Å². The summed E-state index contributed by atoms with van der Waals surface area (Å²) in [5.41, 5.74) is 0. The van der Waals surface area contributed by atoms with E-state index in [9.17, 15) is 13.2 Å². The number of rotatable bonds is 3. The fourth-order valence-electron chi connectivity index (χ4n) is 1.86. The molecule has 1 amide bonds. The number of carbonyl (C=O) groups excluding carboxylic acids is 1. The predicted octanol–water partition coefficient (Wildman–Crippen LogP) is 0.958. The minimum Gasteiger partial charge on any atom is -0.344 e. The van der Waals surface area contributed by atoms with Crippen LogP contribution in [0.3, 0.4) is 0 Å². The van der Waals surface area contributed by atoms with Gasteiger partial charge in [-0.1, -0.05) is 22.0 Å². The summed E-state index contributed by atoms with van der Waals surface area (Å²) in [6.07, 6.45) is 0.212. The van der Waals surface area contributed by atoms with Gasteiger partial charge in [-0.2, -0.15) is 0 Å². The third-order valence-electron chi connectivity index (χ3n) is 2.77. The molecule has 0 saturated carbocycles. The Morgan fingerprint density at radius 2 is 2.17 bits per heavy atom. The van der Waals surface area contributed by atoms with E-state index in [2.05, 4.69) is 20.7 Å². The lowest BCUT2D eigenvalue weighted by molar-refractivity contribution is -0.126. The summed E-state index contributed by atoms with van der Waals surface area (Å²) in [5.74, 6) is -0.0445. The number of benzene rings is 1. The van der Waals surface area contributed by atoms with Crippen molar-refractivity contribution in [3.8, 4) is 0 Å². The maximum absolute atomic E-state index is 12.1. The van der Waals surface area contributed by atoms with Crippen molar-refractivity contribution in [2.75, 3.05) is 13.6 Å². The molecule has 98 valence electrons. The Kier molecular flexibility index (Phi) is 3.74. The molecule has 1 saturated heterocycles. The first kappa shape index (κ1) is 13.5. The number of likely N-dealkylation sites (N-methyl/N-ethyl adjacent to an activating group) is 1. The Balaban J connectivity index is 2.16. The third kappa shape index (κ3) is 2.90. The van der Waals surface area contributed by atoms with E-state index >= 15 is 0 Å². The third-order valence-corrected chi connectivity index (χ3v) is 4.78. The van der Waals surface area contributed by atoms with Crippen LogP contribution in [0.5, 0.6) is 0 Å². The Labute approximate surface area is 114 Å². The fraction of sp³-hybridized carbons (Fsp3) is 0.364. The predicted molar refractivity (Wildman–Crippen MR) is 70.5 cm³/mol. The van der Waals surface area contributed by atoms with Gasteiger partial charge in [-0.05, 0) is 18.2 Å². The Bertz CT molecular complexity index is 573. The number of nitrogens with one attached hydrogen (secondary N) is 1. The molecule has 1 aromatic carbocycles. The average molecular weight is 333 g/mol. The molecule has 7 heteroatoms. The van der Waals surface area contributed by atoms with Gasteiger partial charge in [0.25, 0.3) is 0 Å². The summed E-state index contributed by atoms with van der Waals surface area (Å²) in [4.78, 5) is 13.1. The first-order chi connectivity index (χ1) is 8.38. The quantitative estimate of drug-likeness (QED) is 0.896. The van der Waals surface area contributed by atoms with Gasteiger partial charge in [-0.25, -0.2) is 13.1 Å². The summed E-state index contributed by atoms with van der Waals surface area (Å²) in [6, 6.07) is 6.11. The van der Waals surface area contributed by atoms with Crippen molar-refractivity contribution in [1.29, 1.82) is 0 Å². The van der Waals surface area contributed by atoms with Crippen LogP contribution < -0.4 is 4.72 Å². The molecule has 18 heavy (non-hydrogen) atoms. The van der Waals surface area contributed by atoms with Crippen molar-refractivity contribution in [1.82, 2.24) is 9.62 Å². The van der Waals surface area contributed by atoms with E-state index in [0.29, 0.717) is 11.0 Å². The normalized spacial score (nSPS) is 20.4. The Hall–Kier alpha value is -0.920. The Morgan fingerprint density at radius 1 is 1.44 bits per heavy atom. The van der Waals surface area contributed by atoms with Crippen LogP contribution in [-0.2, 0) is 14.8 Å². The highest BCUT2D eigenvalue weighted by molar-refractivity contribution is 9.10. The highest BCUT2D eigenvalue weighted by Gasteiger charge is 2.30. The molecule has 0 radical (unpaired) electrons. The molecule has 5 nitrogen and oxygen atoms in total. The number of hydrogen-bond acceptors (Lipinski definition) is 3.